The smallest absolute Gasteiger partial charge is 0.222 e. The molecule has 2 fully saturated rings. The highest BCUT2D eigenvalue weighted by Gasteiger charge is 2.64. The zero-order valence-corrected chi connectivity index (χ0v) is 12.9. The lowest BCUT2D eigenvalue weighted by atomic mass is 9.93. The maximum Gasteiger partial charge on any atom is 0.222 e. The second-order valence-electron chi connectivity index (χ2n) is 6.98. The fraction of sp³-hybridized carbons (Fsp3) is 0.412. The van der Waals surface area contributed by atoms with Crippen molar-refractivity contribution in [1.29, 1.82) is 0 Å². The summed E-state index contributed by atoms with van der Waals surface area (Å²) in [7, 11) is 0. The molecule has 0 aromatic rings. The first-order chi connectivity index (χ1) is 10.4. The summed E-state index contributed by atoms with van der Waals surface area (Å²) in [5.74, 6) is 2.15. The topological polar surface area (TPSA) is 73.5 Å². The molecule has 2 saturated carbocycles. The number of hydrogen-bond donors (Lipinski definition) is 1. The predicted octanol–water partition coefficient (Wildman–Crippen LogP) is 2.77. The fourth-order valence-electron chi connectivity index (χ4n) is 4.04. The molecule has 1 aliphatic heterocycles. The molecule has 5 heteroatoms. The van der Waals surface area contributed by atoms with Crippen LogP contribution in [-0.2, 0) is 0 Å². The van der Waals surface area contributed by atoms with Gasteiger partial charge in [-0.15, -0.1) is 0 Å². The molecule has 0 spiro atoms. The molecule has 2 atom stereocenters. The highest BCUT2D eigenvalue weighted by atomic mass is 16.8. The van der Waals surface area contributed by atoms with Gasteiger partial charge in [0.1, 0.15) is 5.82 Å². The van der Waals surface area contributed by atoms with Gasteiger partial charge in [-0.2, -0.15) is 4.90 Å². The Labute approximate surface area is 129 Å². The van der Waals surface area contributed by atoms with E-state index in [1.165, 1.54) is 29.1 Å². The lowest BCUT2D eigenvalue weighted by molar-refractivity contribution is -0.377. The van der Waals surface area contributed by atoms with E-state index in [-0.39, 0.29) is 10.6 Å². The van der Waals surface area contributed by atoms with E-state index in [0.29, 0.717) is 17.3 Å². The van der Waals surface area contributed by atoms with Crippen molar-refractivity contribution in [3.8, 4) is 0 Å². The highest BCUT2D eigenvalue weighted by Crippen LogP contribution is 2.68. The Bertz CT molecular complexity index is 741. The van der Waals surface area contributed by atoms with Crippen molar-refractivity contribution in [2.75, 3.05) is 0 Å². The van der Waals surface area contributed by atoms with E-state index in [1.807, 2.05) is 0 Å². The van der Waals surface area contributed by atoms with Gasteiger partial charge in [0.25, 0.3) is 0 Å². The second-order valence-corrected chi connectivity index (χ2v) is 6.98. The normalized spacial score (nSPS) is 30.9. The van der Waals surface area contributed by atoms with Gasteiger partial charge in [-0.3, -0.25) is 0 Å². The van der Waals surface area contributed by atoms with Crippen LogP contribution in [0.2, 0.25) is 0 Å². The molecule has 114 valence electrons. The molecule has 1 N–H and O–H groups in total. The number of aliphatic imine (C=N–C) groups is 1. The average Bonchev–Trinajstić information content (AvgIpc) is 2.86. The van der Waals surface area contributed by atoms with Crippen molar-refractivity contribution in [1.82, 2.24) is 5.32 Å². The van der Waals surface area contributed by atoms with Crippen LogP contribution in [0.4, 0.5) is 0 Å². The van der Waals surface area contributed by atoms with Crippen LogP contribution < -0.4 is 5.32 Å². The Kier molecular flexibility index (Phi) is 2.50. The molecular weight excluding hydrogens is 278 g/mol. The lowest BCUT2D eigenvalue weighted by Crippen LogP contribution is -2.24. The van der Waals surface area contributed by atoms with Gasteiger partial charge in [-0.1, -0.05) is 13.8 Å². The first-order valence-electron chi connectivity index (χ1n) is 7.57. The Morgan fingerprint density at radius 2 is 1.91 bits per heavy atom. The molecule has 0 bridgehead atoms. The van der Waals surface area contributed by atoms with E-state index in [9.17, 15) is 10.4 Å². The SMILES string of the molecule is CC1=C2C(=NC(=C3C=CC(=[N+]([O-])[O-])C=C3)N1)C[C@@H]1[C@H]2C1(C)C. The average molecular weight is 296 g/mol. The van der Waals surface area contributed by atoms with Crippen molar-refractivity contribution < 1.29 is 4.90 Å². The predicted molar refractivity (Wildman–Crippen MR) is 86.0 cm³/mol. The molecule has 0 aromatic carbocycles. The summed E-state index contributed by atoms with van der Waals surface area (Å²) in [6.07, 6.45) is 7.59. The van der Waals surface area contributed by atoms with Crippen molar-refractivity contribution in [2.24, 2.45) is 22.2 Å². The van der Waals surface area contributed by atoms with Crippen LogP contribution in [0.25, 0.3) is 0 Å². The van der Waals surface area contributed by atoms with Gasteiger partial charge in [-0.05, 0) is 48.3 Å². The van der Waals surface area contributed by atoms with E-state index in [4.69, 9.17) is 4.99 Å². The van der Waals surface area contributed by atoms with Gasteiger partial charge in [-0.25, -0.2) is 4.99 Å². The zero-order valence-electron chi connectivity index (χ0n) is 12.9. The van der Waals surface area contributed by atoms with Crippen LogP contribution in [0.15, 0.2) is 52.0 Å². The molecule has 22 heavy (non-hydrogen) atoms. The highest BCUT2D eigenvalue weighted by molar-refractivity contribution is 6.07. The molecule has 0 unspecified atom stereocenters. The third kappa shape index (κ3) is 1.71. The van der Waals surface area contributed by atoms with Crippen molar-refractivity contribution in [3.63, 3.8) is 0 Å². The summed E-state index contributed by atoms with van der Waals surface area (Å²) in [5, 5.41) is 24.9. The van der Waals surface area contributed by atoms with Crippen molar-refractivity contribution in [2.45, 2.75) is 27.2 Å². The number of rotatable bonds is 0. The summed E-state index contributed by atoms with van der Waals surface area (Å²) in [4.78, 5) is 4.40. The van der Waals surface area contributed by atoms with Gasteiger partial charge in [0.05, 0.1) is 0 Å². The summed E-state index contributed by atoms with van der Waals surface area (Å²) < 4.78 is 0. The van der Waals surface area contributed by atoms with Crippen LogP contribution in [-0.4, -0.2) is 16.3 Å². The van der Waals surface area contributed by atoms with E-state index >= 15 is 0 Å². The standard InChI is InChI=1S/C17H18N3O2/c1-9-14-13(8-12-15(14)17(12,2)3)19-16(18-9)10-4-6-11(7-5-10)20(21)22/h4-7,12,15,18H,8H2,1-3H3/q-1/t12-,15-/m1/s1. The minimum Gasteiger partial charge on any atom is -0.612 e. The largest absolute Gasteiger partial charge is 0.612 e. The molecule has 0 amide bonds. The van der Waals surface area contributed by atoms with E-state index in [1.54, 1.807) is 12.2 Å². The summed E-state index contributed by atoms with van der Waals surface area (Å²) >= 11 is 0. The lowest BCUT2D eigenvalue weighted by Gasteiger charge is -2.23. The van der Waals surface area contributed by atoms with Gasteiger partial charge < -0.3 is 15.7 Å². The molecule has 3 aliphatic carbocycles. The quantitative estimate of drug-likeness (QED) is 0.552. The molecule has 0 saturated heterocycles. The number of nitrogens with one attached hydrogen (secondary N) is 1. The van der Waals surface area contributed by atoms with Crippen molar-refractivity contribution in [3.05, 3.63) is 57.4 Å². The van der Waals surface area contributed by atoms with Gasteiger partial charge in [0.2, 0.25) is 5.71 Å². The number of fused-ring (bicyclic) bond motifs is 3. The van der Waals surface area contributed by atoms with Crippen LogP contribution in [0.5, 0.6) is 0 Å². The third-order valence-corrected chi connectivity index (χ3v) is 5.39. The van der Waals surface area contributed by atoms with Gasteiger partial charge in [0.15, 0.2) is 0 Å². The molecule has 0 aromatic heterocycles. The van der Waals surface area contributed by atoms with Crippen LogP contribution in [0, 0.1) is 27.7 Å². The summed E-state index contributed by atoms with van der Waals surface area (Å²) in [5.41, 5.74) is 5.15. The van der Waals surface area contributed by atoms with Gasteiger partial charge >= 0.3 is 0 Å². The minimum absolute atomic E-state index is 0.102. The molecule has 4 aliphatic rings. The Morgan fingerprint density at radius 3 is 2.55 bits per heavy atom. The number of allylic oxidation sites excluding steroid dienone is 7. The molecule has 0 radical (unpaired) electrons. The van der Waals surface area contributed by atoms with E-state index in [2.05, 4.69) is 26.1 Å². The first-order valence-corrected chi connectivity index (χ1v) is 7.57. The van der Waals surface area contributed by atoms with E-state index in [0.717, 1.165) is 17.8 Å². The van der Waals surface area contributed by atoms with Crippen molar-refractivity contribution >= 4 is 11.4 Å². The molecular formula is C17H18N3O2-. The monoisotopic (exact) mass is 296 g/mol. The minimum atomic E-state index is -0.384. The third-order valence-electron chi connectivity index (χ3n) is 5.39. The Morgan fingerprint density at radius 1 is 1.23 bits per heavy atom. The molecule has 4 rings (SSSR count). The second kappa shape index (κ2) is 4.12. The zero-order chi connectivity index (χ0) is 15.6. The Balaban J connectivity index is 1.68. The first kappa shape index (κ1) is 13.4. The fourth-order valence-corrected chi connectivity index (χ4v) is 4.04. The summed E-state index contributed by atoms with van der Waals surface area (Å²) in [6.45, 7) is 6.76. The van der Waals surface area contributed by atoms with E-state index < -0.39 is 0 Å². The maximum atomic E-state index is 10.7. The summed E-state index contributed by atoms with van der Waals surface area (Å²) in [6, 6.07) is 0. The molecule has 5 nitrogen and oxygen atoms in total. The Hall–Kier alpha value is -2.30. The van der Waals surface area contributed by atoms with Crippen LogP contribution in [0.3, 0.4) is 0 Å². The molecule has 1 heterocycles. The van der Waals surface area contributed by atoms with Crippen LogP contribution in [0.1, 0.15) is 27.2 Å². The van der Waals surface area contributed by atoms with Gasteiger partial charge in [0, 0.05) is 29.1 Å². The van der Waals surface area contributed by atoms with Crippen LogP contribution >= 0.6 is 0 Å². The maximum absolute atomic E-state index is 10.7. The number of nitrogens with zero attached hydrogens (tertiary/aromatic N) is 2. The number of hydrogen-bond acceptors (Lipinski definition) is 4.